The van der Waals surface area contributed by atoms with Crippen LogP contribution in [0.1, 0.15) is 6.92 Å². The lowest BCUT2D eigenvalue weighted by atomic mass is 10.1. The van der Waals surface area contributed by atoms with Crippen LogP contribution in [0.25, 0.3) is 11.3 Å². The van der Waals surface area contributed by atoms with Crippen molar-refractivity contribution in [3.63, 3.8) is 0 Å². The van der Waals surface area contributed by atoms with E-state index in [4.69, 9.17) is 11.5 Å². The van der Waals surface area contributed by atoms with Crippen molar-refractivity contribution in [2.24, 2.45) is 5.73 Å². The molecule has 2 aromatic rings. The highest BCUT2D eigenvalue weighted by Crippen LogP contribution is 2.21. The van der Waals surface area contributed by atoms with E-state index in [-0.39, 0.29) is 10.9 Å². The number of rotatable bonds is 4. The summed E-state index contributed by atoms with van der Waals surface area (Å²) in [4.78, 5) is 25.5. The Balaban J connectivity index is 2.34. The van der Waals surface area contributed by atoms with Crippen LogP contribution in [0.15, 0.2) is 34.2 Å². The van der Waals surface area contributed by atoms with Gasteiger partial charge in [0.1, 0.15) is 0 Å². The molecule has 8 heteroatoms. The maximum atomic E-state index is 12.0. The van der Waals surface area contributed by atoms with Gasteiger partial charge in [-0.3, -0.25) is 14.6 Å². The van der Waals surface area contributed by atoms with Gasteiger partial charge in [-0.15, -0.1) is 10.2 Å². The molecule has 1 amide bonds. The first-order valence-electron chi connectivity index (χ1n) is 5.77. The van der Waals surface area contributed by atoms with E-state index in [2.05, 4.69) is 15.2 Å². The van der Waals surface area contributed by atoms with Crippen molar-refractivity contribution in [3.05, 3.63) is 34.6 Å². The van der Waals surface area contributed by atoms with E-state index >= 15 is 0 Å². The average molecular weight is 291 g/mol. The number of nitrogen functional groups attached to an aromatic ring is 1. The molecule has 1 aromatic carbocycles. The van der Waals surface area contributed by atoms with Gasteiger partial charge in [0, 0.05) is 11.3 Å². The lowest BCUT2D eigenvalue weighted by molar-refractivity contribution is -0.117. The summed E-state index contributed by atoms with van der Waals surface area (Å²) in [6.07, 6.45) is 0. The van der Waals surface area contributed by atoms with E-state index in [1.165, 1.54) is 0 Å². The lowest BCUT2D eigenvalue weighted by Crippen LogP contribution is -2.24. The largest absolute Gasteiger partial charge is 0.398 e. The topological polar surface area (TPSA) is 128 Å². The number of nitrogens with one attached hydrogen (secondary N) is 1. The number of thioether (sulfide) groups is 1. The summed E-state index contributed by atoms with van der Waals surface area (Å²) in [7, 11) is 0. The van der Waals surface area contributed by atoms with E-state index in [1.54, 1.807) is 31.2 Å². The smallest absolute Gasteiger partial charge is 0.278 e. The van der Waals surface area contributed by atoms with Crippen LogP contribution in [0.5, 0.6) is 0 Å². The second-order valence-corrected chi connectivity index (χ2v) is 5.39. The van der Waals surface area contributed by atoms with Crippen LogP contribution in [0, 0.1) is 0 Å². The van der Waals surface area contributed by atoms with Crippen molar-refractivity contribution in [3.8, 4) is 11.3 Å². The Morgan fingerprint density at radius 3 is 2.65 bits per heavy atom. The quantitative estimate of drug-likeness (QED) is 0.552. The molecule has 1 heterocycles. The number of H-pyrrole nitrogens is 1. The molecule has 0 bridgehead atoms. The van der Waals surface area contributed by atoms with E-state index in [0.717, 1.165) is 11.8 Å². The molecule has 104 valence electrons. The van der Waals surface area contributed by atoms with Crippen LogP contribution < -0.4 is 17.0 Å². The Hall–Kier alpha value is -2.35. The second-order valence-electron chi connectivity index (χ2n) is 4.06. The minimum absolute atomic E-state index is 0.138. The number of hydrogen-bond donors (Lipinski definition) is 3. The third-order valence-corrected chi connectivity index (χ3v) is 3.57. The maximum Gasteiger partial charge on any atom is 0.278 e. The highest BCUT2D eigenvalue weighted by molar-refractivity contribution is 8.00. The first-order chi connectivity index (χ1) is 9.49. The van der Waals surface area contributed by atoms with Crippen molar-refractivity contribution < 1.29 is 4.79 Å². The van der Waals surface area contributed by atoms with Gasteiger partial charge in [-0.25, -0.2) is 0 Å². The molecular weight excluding hydrogens is 278 g/mol. The van der Waals surface area contributed by atoms with Crippen LogP contribution >= 0.6 is 11.8 Å². The molecule has 0 saturated carbocycles. The van der Waals surface area contributed by atoms with Gasteiger partial charge < -0.3 is 11.5 Å². The fraction of sp³-hybridized carbons (Fsp3) is 0.167. The number of hydrogen-bond acceptors (Lipinski definition) is 6. The Kier molecular flexibility index (Phi) is 4.04. The van der Waals surface area contributed by atoms with Gasteiger partial charge in [0.2, 0.25) is 5.91 Å². The van der Waals surface area contributed by atoms with E-state index in [1.807, 2.05) is 0 Å². The van der Waals surface area contributed by atoms with E-state index < -0.39 is 16.7 Å². The van der Waals surface area contributed by atoms with Crippen LogP contribution in [-0.2, 0) is 4.79 Å². The fourth-order valence-corrected chi connectivity index (χ4v) is 2.18. The van der Waals surface area contributed by atoms with E-state index in [0.29, 0.717) is 11.3 Å². The number of benzene rings is 1. The molecule has 0 aliphatic carbocycles. The average Bonchev–Trinajstić information content (AvgIpc) is 2.40. The minimum Gasteiger partial charge on any atom is -0.398 e. The minimum atomic E-state index is -0.507. The molecule has 1 atom stereocenters. The number of anilines is 1. The molecule has 20 heavy (non-hydrogen) atoms. The van der Waals surface area contributed by atoms with Gasteiger partial charge >= 0.3 is 0 Å². The molecule has 0 saturated heterocycles. The number of amides is 1. The first kappa shape index (κ1) is 14.1. The zero-order valence-electron chi connectivity index (χ0n) is 10.7. The summed E-state index contributed by atoms with van der Waals surface area (Å²) in [5.41, 5.74) is 11.6. The van der Waals surface area contributed by atoms with Gasteiger partial charge in [-0.1, -0.05) is 30.0 Å². The number of aromatic nitrogens is 3. The number of primary amides is 1. The lowest BCUT2D eigenvalue weighted by Gasteiger charge is -2.06. The Morgan fingerprint density at radius 2 is 2.05 bits per heavy atom. The predicted octanol–water partition coefficient (Wildman–Crippen LogP) is 0.380. The van der Waals surface area contributed by atoms with Crippen LogP contribution in [0.2, 0.25) is 0 Å². The monoisotopic (exact) mass is 291 g/mol. The normalized spacial score (nSPS) is 12.1. The summed E-state index contributed by atoms with van der Waals surface area (Å²) >= 11 is 1.04. The van der Waals surface area contributed by atoms with Crippen molar-refractivity contribution in [2.45, 2.75) is 17.3 Å². The van der Waals surface area contributed by atoms with E-state index in [9.17, 15) is 9.59 Å². The van der Waals surface area contributed by atoms with Crippen molar-refractivity contribution in [1.82, 2.24) is 15.2 Å². The van der Waals surface area contributed by atoms with Crippen LogP contribution in [0.3, 0.4) is 0 Å². The summed E-state index contributed by atoms with van der Waals surface area (Å²) < 4.78 is 0. The molecule has 5 N–H and O–H groups in total. The number of aromatic amines is 1. The van der Waals surface area contributed by atoms with Crippen molar-refractivity contribution in [1.29, 1.82) is 0 Å². The molecule has 0 aliphatic rings. The number of nitrogens with two attached hydrogens (primary N) is 2. The zero-order valence-corrected chi connectivity index (χ0v) is 11.5. The van der Waals surface area contributed by atoms with Crippen LogP contribution in [0.4, 0.5) is 5.69 Å². The maximum absolute atomic E-state index is 12.0. The molecule has 0 unspecified atom stereocenters. The second kappa shape index (κ2) is 5.74. The standard InChI is InChI=1S/C12H13N5O2S/c1-6(10(14)18)20-12-15-11(19)9(16-17-12)7-4-2-3-5-8(7)13/h2-6H,13H2,1H3,(H2,14,18)(H,15,17,19)/t6-/m1/s1. The number of para-hydroxylation sites is 1. The first-order valence-corrected chi connectivity index (χ1v) is 6.65. The summed E-state index contributed by atoms with van der Waals surface area (Å²) in [6, 6.07) is 6.88. The molecular formula is C12H13N5O2S. The summed E-state index contributed by atoms with van der Waals surface area (Å²) in [5.74, 6) is -0.492. The van der Waals surface area contributed by atoms with Gasteiger partial charge in [0.15, 0.2) is 10.9 Å². The summed E-state index contributed by atoms with van der Waals surface area (Å²) in [6.45, 7) is 1.62. The Morgan fingerprint density at radius 1 is 1.35 bits per heavy atom. The summed E-state index contributed by atoms with van der Waals surface area (Å²) in [5, 5.41) is 7.48. The SMILES string of the molecule is C[C@@H](Sc1nnc(-c2ccccc2N)c(=O)[nH]1)C(N)=O. The molecule has 7 nitrogen and oxygen atoms in total. The van der Waals surface area contributed by atoms with Gasteiger partial charge in [-0.2, -0.15) is 0 Å². The van der Waals surface area contributed by atoms with Crippen LogP contribution in [-0.4, -0.2) is 26.3 Å². The molecule has 0 fully saturated rings. The predicted molar refractivity (Wildman–Crippen MR) is 77.0 cm³/mol. The molecule has 0 radical (unpaired) electrons. The molecule has 2 rings (SSSR count). The number of carbonyl (C=O) groups is 1. The third-order valence-electron chi connectivity index (χ3n) is 2.58. The fourth-order valence-electron chi connectivity index (χ4n) is 1.49. The van der Waals surface area contributed by atoms with Gasteiger partial charge in [0.25, 0.3) is 5.56 Å². The van der Waals surface area contributed by atoms with Crippen molar-refractivity contribution in [2.75, 3.05) is 5.73 Å². The Labute approximate surface area is 118 Å². The van der Waals surface area contributed by atoms with Gasteiger partial charge in [-0.05, 0) is 13.0 Å². The highest BCUT2D eigenvalue weighted by atomic mass is 32.2. The van der Waals surface area contributed by atoms with Crippen molar-refractivity contribution >= 4 is 23.4 Å². The van der Waals surface area contributed by atoms with Gasteiger partial charge in [0.05, 0.1) is 5.25 Å². The number of nitrogens with zero attached hydrogens (tertiary/aromatic N) is 2. The molecule has 0 spiro atoms. The highest BCUT2D eigenvalue weighted by Gasteiger charge is 2.15. The zero-order chi connectivity index (χ0) is 14.7. The third kappa shape index (κ3) is 2.97. The molecule has 0 aliphatic heterocycles. The number of carbonyl (C=O) groups excluding carboxylic acids is 1. The molecule has 1 aromatic heterocycles. The Bertz CT molecular complexity index is 700.